The van der Waals surface area contributed by atoms with Gasteiger partial charge < -0.3 is 5.21 Å². The van der Waals surface area contributed by atoms with Gasteiger partial charge in [-0.2, -0.15) is 10.2 Å². The standard InChI is InChI=1S/C18H15N7O/c1-2-23-17-4-3-12(9-13(17)10-20-23)15-6-8-24-18(21-15)14(11-25(24)26)16-5-7-19-22-16/h3-11H,2H2,1H3,(H,19,22). The number of benzene rings is 1. The summed E-state index contributed by atoms with van der Waals surface area (Å²) in [7, 11) is 0. The predicted molar refractivity (Wildman–Crippen MR) is 96.1 cm³/mol. The number of rotatable bonds is 3. The van der Waals surface area contributed by atoms with Crippen LogP contribution in [0.3, 0.4) is 0 Å². The SMILES string of the molecule is CCn1ncc2cc(-c3ccn4c(n3)c(-c3cc[nH]n3)c[n+]4[O-])ccc21. The van der Waals surface area contributed by atoms with Crippen LogP contribution in [0.2, 0.25) is 0 Å². The van der Waals surface area contributed by atoms with Crippen molar-refractivity contribution in [1.82, 2.24) is 29.5 Å². The molecule has 8 nitrogen and oxygen atoms in total. The molecule has 0 saturated carbocycles. The first kappa shape index (κ1) is 14.6. The first-order chi connectivity index (χ1) is 12.7. The van der Waals surface area contributed by atoms with Gasteiger partial charge in [0.05, 0.1) is 23.6 Å². The molecular formula is C18H15N7O. The van der Waals surface area contributed by atoms with Gasteiger partial charge in [-0.25, -0.2) is 4.98 Å². The number of nitrogens with one attached hydrogen (secondary N) is 1. The maximum Gasteiger partial charge on any atom is 0.221 e. The van der Waals surface area contributed by atoms with Gasteiger partial charge in [0.1, 0.15) is 11.3 Å². The van der Waals surface area contributed by atoms with Crippen molar-refractivity contribution >= 4 is 16.6 Å². The van der Waals surface area contributed by atoms with Crippen LogP contribution < -0.4 is 4.85 Å². The lowest BCUT2D eigenvalue weighted by Crippen LogP contribution is -2.31. The van der Waals surface area contributed by atoms with Crippen molar-refractivity contribution in [2.45, 2.75) is 13.5 Å². The summed E-state index contributed by atoms with van der Waals surface area (Å²) in [5, 5.41) is 24.5. The molecule has 0 aliphatic heterocycles. The Hall–Kier alpha value is -3.68. The van der Waals surface area contributed by atoms with Gasteiger partial charge in [-0.15, -0.1) is 0 Å². The van der Waals surface area contributed by atoms with Crippen LogP contribution in [0, 0.1) is 5.21 Å². The minimum Gasteiger partial charge on any atom is -0.596 e. The zero-order chi connectivity index (χ0) is 17.7. The second-order valence-corrected chi connectivity index (χ2v) is 6.02. The Morgan fingerprint density at radius 3 is 2.92 bits per heavy atom. The largest absolute Gasteiger partial charge is 0.596 e. The Bertz CT molecular complexity index is 1230. The predicted octanol–water partition coefficient (Wildman–Crippen LogP) is 2.39. The van der Waals surface area contributed by atoms with E-state index in [4.69, 9.17) is 4.98 Å². The molecule has 0 aliphatic carbocycles. The van der Waals surface area contributed by atoms with E-state index < -0.39 is 0 Å². The molecule has 1 N–H and O–H groups in total. The van der Waals surface area contributed by atoms with Crippen LogP contribution in [0.25, 0.3) is 39.1 Å². The van der Waals surface area contributed by atoms with Crippen LogP contribution in [-0.2, 0) is 6.54 Å². The first-order valence-corrected chi connectivity index (χ1v) is 8.32. The smallest absolute Gasteiger partial charge is 0.221 e. The molecular weight excluding hydrogens is 330 g/mol. The molecule has 0 atom stereocenters. The number of aromatic nitrogens is 7. The lowest BCUT2D eigenvalue weighted by Gasteiger charge is -2.03. The third-order valence-corrected chi connectivity index (χ3v) is 4.52. The molecule has 1 aromatic carbocycles. The number of nitrogens with zero attached hydrogens (tertiary/aromatic N) is 6. The number of H-pyrrole nitrogens is 1. The van der Waals surface area contributed by atoms with E-state index >= 15 is 0 Å². The summed E-state index contributed by atoms with van der Waals surface area (Å²) < 4.78 is 3.42. The van der Waals surface area contributed by atoms with Crippen molar-refractivity contribution in [2.75, 3.05) is 0 Å². The highest BCUT2D eigenvalue weighted by molar-refractivity contribution is 5.84. The van der Waals surface area contributed by atoms with E-state index in [9.17, 15) is 5.21 Å². The van der Waals surface area contributed by atoms with Gasteiger partial charge in [-0.05, 0) is 31.2 Å². The Morgan fingerprint density at radius 1 is 1.19 bits per heavy atom. The minimum absolute atomic E-state index is 0.564. The van der Waals surface area contributed by atoms with E-state index in [-0.39, 0.29) is 0 Å². The zero-order valence-electron chi connectivity index (χ0n) is 14.0. The maximum atomic E-state index is 12.1. The molecule has 0 bridgehead atoms. The van der Waals surface area contributed by atoms with Crippen LogP contribution in [0.5, 0.6) is 0 Å². The monoisotopic (exact) mass is 345 g/mol. The van der Waals surface area contributed by atoms with Crippen molar-refractivity contribution in [2.24, 2.45) is 0 Å². The number of aromatic amines is 1. The van der Waals surface area contributed by atoms with Crippen LogP contribution in [0.4, 0.5) is 0 Å². The molecule has 0 saturated heterocycles. The molecule has 0 amide bonds. The Kier molecular flexibility index (Phi) is 3.05. The molecule has 0 fully saturated rings. The highest BCUT2D eigenvalue weighted by atomic mass is 16.5. The topological polar surface area (TPSA) is 90.7 Å². The molecule has 26 heavy (non-hydrogen) atoms. The maximum absolute atomic E-state index is 12.1. The van der Waals surface area contributed by atoms with Crippen LogP contribution >= 0.6 is 0 Å². The number of hydrogen-bond donors (Lipinski definition) is 1. The van der Waals surface area contributed by atoms with Gasteiger partial charge in [0.2, 0.25) is 11.8 Å². The molecule has 4 heterocycles. The van der Waals surface area contributed by atoms with E-state index in [1.165, 1.54) is 10.7 Å². The average molecular weight is 345 g/mol. The van der Waals surface area contributed by atoms with E-state index in [1.54, 1.807) is 12.4 Å². The first-order valence-electron chi connectivity index (χ1n) is 8.32. The summed E-state index contributed by atoms with van der Waals surface area (Å²) in [5.41, 5.74) is 4.79. The molecule has 5 rings (SSSR count). The van der Waals surface area contributed by atoms with Gasteiger partial charge in [-0.1, -0.05) is 15.4 Å². The molecule has 8 heteroatoms. The molecule has 0 spiro atoms. The molecule has 0 radical (unpaired) electrons. The third-order valence-electron chi connectivity index (χ3n) is 4.52. The van der Waals surface area contributed by atoms with Crippen LogP contribution in [-0.4, -0.2) is 29.5 Å². The summed E-state index contributed by atoms with van der Waals surface area (Å²) >= 11 is 0. The minimum atomic E-state index is 0.564. The Labute approximate surface area is 147 Å². The molecule has 0 aliphatic rings. The van der Waals surface area contributed by atoms with Crippen molar-refractivity contribution < 1.29 is 4.85 Å². The normalized spacial score (nSPS) is 11.6. The summed E-state index contributed by atoms with van der Waals surface area (Å²) in [4.78, 5) is 5.47. The van der Waals surface area contributed by atoms with E-state index in [2.05, 4.69) is 28.3 Å². The second kappa shape index (κ2) is 5.41. The van der Waals surface area contributed by atoms with Gasteiger partial charge in [0.15, 0.2) is 0 Å². The fraction of sp³-hybridized carbons (Fsp3) is 0.111. The highest BCUT2D eigenvalue weighted by Gasteiger charge is 2.18. The quantitative estimate of drug-likeness (QED) is 0.401. The molecule has 128 valence electrons. The molecule has 5 aromatic rings. The lowest BCUT2D eigenvalue weighted by molar-refractivity contribution is -0.676. The van der Waals surface area contributed by atoms with Crippen molar-refractivity contribution in [1.29, 1.82) is 0 Å². The average Bonchev–Trinajstić information content (AvgIpc) is 3.39. The van der Waals surface area contributed by atoms with Gasteiger partial charge in [0, 0.05) is 23.7 Å². The summed E-state index contributed by atoms with van der Waals surface area (Å²) in [6, 6.07) is 9.79. The Morgan fingerprint density at radius 2 is 2.12 bits per heavy atom. The summed E-state index contributed by atoms with van der Waals surface area (Å²) in [6.45, 7) is 2.89. The van der Waals surface area contributed by atoms with Crippen molar-refractivity contribution in [3.63, 3.8) is 0 Å². The molecule has 4 aromatic heterocycles. The third kappa shape index (κ3) is 2.08. The number of hydrogen-bond acceptors (Lipinski definition) is 4. The fourth-order valence-electron chi connectivity index (χ4n) is 3.24. The van der Waals surface area contributed by atoms with E-state index in [0.29, 0.717) is 16.9 Å². The fourth-order valence-corrected chi connectivity index (χ4v) is 3.24. The summed E-state index contributed by atoms with van der Waals surface area (Å²) in [5.74, 6) is 0. The van der Waals surface area contributed by atoms with E-state index in [0.717, 1.165) is 33.6 Å². The second-order valence-electron chi connectivity index (χ2n) is 6.02. The Balaban J connectivity index is 1.69. The van der Waals surface area contributed by atoms with E-state index in [1.807, 2.05) is 35.1 Å². The number of fused-ring (bicyclic) bond motifs is 2. The van der Waals surface area contributed by atoms with Crippen molar-refractivity contribution in [3.8, 4) is 22.5 Å². The summed E-state index contributed by atoms with van der Waals surface area (Å²) in [6.07, 6.45) is 6.78. The highest BCUT2D eigenvalue weighted by Crippen LogP contribution is 2.26. The van der Waals surface area contributed by atoms with Gasteiger partial charge in [0.25, 0.3) is 0 Å². The van der Waals surface area contributed by atoms with Gasteiger partial charge >= 0.3 is 0 Å². The van der Waals surface area contributed by atoms with Crippen molar-refractivity contribution in [3.05, 3.63) is 60.3 Å². The van der Waals surface area contributed by atoms with Gasteiger partial charge in [-0.3, -0.25) is 9.78 Å². The lowest BCUT2D eigenvalue weighted by atomic mass is 10.1. The number of aryl methyl sites for hydroxylation is 1. The van der Waals surface area contributed by atoms with Crippen LogP contribution in [0.1, 0.15) is 6.92 Å². The van der Waals surface area contributed by atoms with Crippen LogP contribution in [0.15, 0.2) is 55.1 Å². The zero-order valence-corrected chi connectivity index (χ0v) is 14.0. The molecule has 0 unspecified atom stereocenters.